The summed E-state index contributed by atoms with van der Waals surface area (Å²) in [5.41, 5.74) is 1.97. The van der Waals surface area contributed by atoms with Crippen LogP contribution in [0, 0.1) is 5.92 Å². The zero-order valence-corrected chi connectivity index (χ0v) is 12.1. The van der Waals surface area contributed by atoms with E-state index in [1.165, 1.54) is 6.08 Å². The Bertz CT molecular complexity index is 692. The van der Waals surface area contributed by atoms with Crippen molar-refractivity contribution < 1.29 is 9.59 Å². The maximum atomic E-state index is 12.5. The fourth-order valence-corrected chi connectivity index (χ4v) is 2.81. The second-order valence-corrected chi connectivity index (χ2v) is 5.39. The Hall–Kier alpha value is -2.68. The van der Waals surface area contributed by atoms with Crippen LogP contribution in [0.3, 0.4) is 0 Å². The quantitative estimate of drug-likeness (QED) is 0.695. The van der Waals surface area contributed by atoms with Crippen molar-refractivity contribution in [1.29, 1.82) is 0 Å². The van der Waals surface area contributed by atoms with E-state index < -0.39 is 5.92 Å². The highest BCUT2D eigenvalue weighted by Gasteiger charge is 2.39. The van der Waals surface area contributed by atoms with Gasteiger partial charge in [-0.2, -0.15) is 0 Å². The number of carbonyl (C=O) groups is 2. The van der Waals surface area contributed by atoms with Gasteiger partial charge in [0.2, 0.25) is 5.91 Å². The molecule has 1 aliphatic heterocycles. The van der Waals surface area contributed by atoms with E-state index in [-0.39, 0.29) is 17.6 Å². The Kier molecular flexibility index (Phi) is 4.15. The lowest BCUT2D eigenvalue weighted by Crippen LogP contribution is -2.25. The van der Waals surface area contributed by atoms with Gasteiger partial charge in [0.1, 0.15) is 5.92 Å². The van der Waals surface area contributed by atoms with E-state index in [9.17, 15) is 9.59 Å². The van der Waals surface area contributed by atoms with E-state index in [1.807, 2.05) is 60.7 Å². The molecule has 0 bridgehead atoms. The van der Waals surface area contributed by atoms with Crippen molar-refractivity contribution in [3.05, 3.63) is 77.9 Å². The predicted molar refractivity (Wildman–Crippen MR) is 86.2 cm³/mol. The zero-order chi connectivity index (χ0) is 15.4. The minimum absolute atomic E-state index is 0.0957. The van der Waals surface area contributed by atoms with Crippen LogP contribution >= 0.6 is 0 Å². The summed E-state index contributed by atoms with van der Waals surface area (Å²) in [5.74, 6) is -1.06. The molecule has 3 nitrogen and oxygen atoms in total. The largest absolute Gasteiger partial charge is 0.355 e. The molecule has 22 heavy (non-hydrogen) atoms. The molecule has 1 saturated heterocycles. The number of allylic oxidation sites excluding steroid dienone is 1. The van der Waals surface area contributed by atoms with Gasteiger partial charge in [0.15, 0.2) is 5.78 Å². The van der Waals surface area contributed by atoms with Crippen LogP contribution in [-0.2, 0) is 9.59 Å². The molecule has 1 fully saturated rings. The monoisotopic (exact) mass is 291 g/mol. The van der Waals surface area contributed by atoms with E-state index in [1.54, 1.807) is 6.08 Å². The first-order valence-corrected chi connectivity index (χ1v) is 7.35. The topological polar surface area (TPSA) is 46.2 Å². The van der Waals surface area contributed by atoms with E-state index >= 15 is 0 Å². The number of hydrogen-bond donors (Lipinski definition) is 1. The summed E-state index contributed by atoms with van der Waals surface area (Å²) in [6.45, 7) is 0.512. The lowest BCUT2D eigenvalue weighted by Gasteiger charge is -2.14. The molecule has 2 aromatic carbocycles. The lowest BCUT2D eigenvalue weighted by atomic mass is 9.85. The van der Waals surface area contributed by atoms with Crippen LogP contribution in [-0.4, -0.2) is 18.2 Å². The average Bonchev–Trinajstić information content (AvgIpc) is 2.96. The summed E-state index contributed by atoms with van der Waals surface area (Å²) < 4.78 is 0. The fraction of sp³-hybridized carbons (Fsp3) is 0.158. The van der Waals surface area contributed by atoms with Crippen molar-refractivity contribution >= 4 is 17.8 Å². The number of amides is 1. The van der Waals surface area contributed by atoms with Crippen LogP contribution in [0.5, 0.6) is 0 Å². The molecule has 1 unspecified atom stereocenters. The van der Waals surface area contributed by atoms with E-state index in [0.29, 0.717) is 6.54 Å². The van der Waals surface area contributed by atoms with Gasteiger partial charge in [-0.15, -0.1) is 0 Å². The summed E-state index contributed by atoms with van der Waals surface area (Å²) in [6, 6.07) is 19.3. The normalized spacial score (nSPS) is 21.0. The number of benzene rings is 2. The summed E-state index contributed by atoms with van der Waals surface area (Å²) in [5, 5.41) is 2.80. The van der Waals surface area contributed by atoms with Crippen LogP contribution in [0.2, 0.25) is 0 Å². The van der Waals surface area contributed by atoms with Gasteiger partial charge in [-0.1, -0.05) is 66.7 Å². The Morgan fingerprint density at radius 3 is 2.32 bits per heavy atom. The van der Waals surface area contributed by atoms with Gasteiger partial charge in [-0.05, 0) is 17.2 Å². The van der Waals surface area contributed by atoms with Gasteiger partial charge < -0.3 is 5.32 Å². The van der Waals surface area contributed by atoms with Crippen LogP contribution < -0.4 is 5.32 Å². The average molecular weight is 291 g/mol. The number of hydrogen-bond acceptors (Lipinski definition) is 2. The van der Waals surface area contributed by atoms with Crippen molar-refractivity contribution in [2.75, 3.05) is 6.54 Å². The SMILES string of the molecule is O=C(C=Cc1ccccc1)[C@@H]1C(=O)NCC1c1ccccc1. The first-order valence-electron chi connectivity index (χ1n) is 7.35. The minimum Gasteiger partial charge on any atom is -0.355 e. The third-order valence-corrected chi connectivity index (χ3v) is 3.95. The Morgan fingerprint density at radius 2 is 1.64 bits per heavy atom. The Labute approximate surface area is 129 Å². The predicted octanol–water partition coefficient (Wildman–Crippen LogP) is 2.80. The van der Waals surface area contributed by atoms with Crippen molar-refractivity contribution in [2.24, 2.45) is 5.92 Å². The van der Waals surface area contributed by atoms with E-state index in [4.69, 9.17) is 0 Å². The first-order chi connectivity index (χ1) is 10.8. The van der Waals surface area contributed by atoms with E-state index in [2.05, 4.69) is 5.32 Å². The van der Waals surface area contributed by atoms with Gasteiger partial charge >= 0.3 is 0 Å². The van der Waals surface area contributed by atoms with Crippen molar-refractivity contribution in [2.45, 2.75) is 5.92 Å². The number of carbonyl (C=O) groups excluding carboxylic acids is 2. The summed E-state index contributed by atoms with van der Waals surface area (Å²) in [4.78, 5) is 24.5. The third-order valence-electron chi connectivity index (χ3n) is 3.95. The highest BCUT2D eigenvalue weighted by molar-refractivity contribution is 6.10. The van der Waals surface area contributed by atoms with Gasteiger partial charge in [-0.3, -0.25) is 9.59 Å². The molecule has 2 aromatic rings. The molecule has 0 aromatic heterocycles. The maximum Gasteiger partial charge on any atom is 0.231 e. The molecule has 0 spiro atoms. The van der Waals surface area contributed by atoms with Gasteiger partial charge in [0.05, 0.1) is 0 Å². The molecule has 1 heterocycles. The smallest absolute Gasteiger partial charge is 0.231 e. The van der Waals surface area contributed by atoms with Crippen LogP contribution in [0.25, 0.3) is 6.08 Å². The summed E-state index contributed by atoms with van der Waals surface area (Å²) in [6.07, 6.45) is 3.27. The first kappa shape index (κ1) is 14.3. The van der Waals surface area contributed by atoms with Crippen LogP contribution in [0.4, 0.5) is 0 Å². The number of rotatable bonds is 4. The van der Waals surface area contributed by atoms with Gasteiger partial charge in [0, 0.05) is 12.5 Å². The summed E-state index contributed by atoms with van der Waals surface area (Å²) in [7, 11) is 0. The number of nitrogens with one attached hydrogen (secondary N) is 1. The lowest BCUT2D eigenvalue weighted by molar-refractivity contribution is -0.129. The van der Waals surface area contributed by atoms with Gasteiger partial charge in [-0.25, -0.2) is 0 Å². The zero-order valence-electron chi connectivity index (χ0n) is 12.1. The summed E-state index contributed by atoms with van der Waals surface area (Å²) >= 11 is 0. The molecule has 3 rings (SSSR count). The fourth-order valence-electron chi connectivity index (χ4n) is 2.81. The number of ketones is 1. The molecule has 2 atom stereocenters. The van der Waals surface area contributed by atoms with Crippen molar-refractivity contribution in [3.63, 3.8) is 0 Å². The second-order valence-electron chi connectivity index (χ2n) is 5.39. The van der Waals surface area contributed by atoms with E-state index in [0.717, 1.165) is 11.1 Å². The highest BCUT2D eigenvalue weighted by Crippen LogP contribution is 2.30. The standard InChI is InChI=1S/C19H17NO2/c21-17(12-11-14-7-3-1-4-8-14)18-16(13-20-19(18)22)15-9-5-2-6-10-15/h1-12,16,18H,13H2,(H,20,22)/t16?,18-/m1/s1. The van der Waals surface area contributed by atoms with Crippen LogP contribution in [0.15, 0.2) is 66.7 Å². The molecular formula is C19H17NO2. The molecule has 0 saturated carbocycles. The molecule has 0 aliphatic carbocycles. The minimum atomic E-state index is -0.637. The van der Waals surface area contributed by atoms with Crippen molar-refractivity contribution in [1.82, 2.24) is 5.32 Å². The third kappa shape index (κ3) is 2.98. The Morgan fingerprint density at radius 1 is 1.00 bits per heavy atom. The molecule has 1 aliphatic rings. The highest BCUT2D eigenvalue weighted by atomic mass is 16.2. The Balaban J connectivity index is 1.80. The molecule has 1 amide bonds. The van der Waals surface area contributed by atoms with Gasteiger partial charge in [0.25, 0.3) is 0 Å². The van der Waals surface area contributed by atoms with Crippen LogP contribution in [0.1, 0.15) is 17.0 Å². The van der Waals surface area contributed by atoms with Crippen molar-refractivity contribution in [3.8, 4) is 0 Å². The molecule has 0 radical (unpaired) electrons. The molecule has 3 heteroatoms. The second kappa shape index (κ2) is 6.39. The molecular weight excluding hydrogens is 274 g/mol. The molecule has 110 valence electrons. The maximum absolute atomic E-state index is 12.5. The molecule has 1 N–H and O–H groups in total.